The van der Waals surface area contributed by atoms with E-state index in [2.05, 4.69) is 31.5 Å². The molecule has 0 saturated heterocycles. The minimum absolute atomic E-state index is 0.216. The molecule has 2 aromatic rings. The van der Waals surface area contributed by atoms with E-state index < -0.39 is 0 Å². The molecule has 1 N–H and O–H groups in total. The Morgan fingerprint density at radius 1 is 1.35 bits per heavy atom. The molecule has 88 valence electrons. The average molecular weight is 293 g/mol. The van der Waals surface area contributed by atoms with Crippen molar-refractivity contribution >= 4 is 15.9 Å². The van der Waals surface area contributed by atoms with E-state index in [1.165, 1.54) is 0 Å². The standard InChI is InChI=1S/C13H13BrN2O/c14-12-4-2-1-3-11(12)13-15-8-9-7-10(17)5-6-16(9)13/h1-4,8,10,17H,5-7H2. The molecular weight excluding hydrogens is 280 g/mol. The SMILES string of the molecule is OC1CCn2c(cnc2-c2ccccc2Br)C1. The molecule has 1 unspecified atom stereocenters. The van der Waals surface area contributed by atoms with Gasteiger partial charge in [0, 0.05) is 34.9 Å². The zero-order valence-electron chi connectivity index (χ0n) is 9.31. The number of hydrogen-bond donors (Lipinski definition) is 1. The maximum absolute atomic E-state index is 9.64. The molecular formula is C13H13BrN2O. The van der Waals surface area contributed by atoms with Crippen LogP contribution >= 0.6 is 15.9 Å². The minimum Gasteiger partial charge on any atom is -0.393 e. The van der Waals surface area contributed by atoms with Gasteiger partial charge in [0.15, 0.2) is 0 Å². The smallest absolute Gasteiger partial charge is 0.141 e. The molecule has 0 aliphatic carbocycles. The van der Waals surface area contributed by atoms with Crippen molar-refractivity contribution in [2.24, 2.45) is 0 Å². The largest absolute Gasteiger partial charge is 0.393 e. The normalized spacial score (nSPS) is 19.1. The number of aromatic nitrogens is 2. The molecule has 1 aromatic carbocycles. The lowest BCUT2D eigenvalue weighted by Crippen LogP contribution is -2.23. The third-order valence-corrected chi connectivity index (χ3v) is 3.88. The summed E-state index contributed by atoms with van der Waals surface area (Å²) in [4.78, 5) is 4.49. The minimum atomic E-state index is -0.216. The summed E-state index contributed by atoms with van der Waals surface area (Å²) in [7, 11) is 0. The van der Waals surface area contributed by atoms with Gasteiger partial charge >= 0.3 is 0 Å². The maximum Gasteiger partial charge on any atom is 0.141 e. The zero-order valence-corrected chi connectivity index (χ0v) is 10.9. The van der Waals surface area contributed by atoms with Gasteiger partial charge in [-0.25, -0.2) is 4.98 Å². The van der Waals surface area contributed by atoms with Gasteiger partial charge in [0.1, 0.15) is 5.82 Å². The van der Waals surface area contributed by atoms with E-state index in [0.717, 1.165) is 34.5 Å². The number of nitrogens with zero attached hydrogens (tertiary/aromatic N) is 2. The van der Waals surface area contributed by atoms with Crippen LogP contribution in [0.1, 0.15) is 12.1 Å². The number of aliphatic hydroxyl groups is 1. The fraction of sp³-hybridized carbons (Fsp3) is 0.308. The molecule has 1 aliphatic heterocycles. The quantitative estimate of drug-likeness (QED) is 0.877. The first kappa shape index (κ1) is 11.0. The van der Waals surface area contributed by atoms with E-state index in [1.807, 2.05) is 24.4 Å². The Labute approximate surface area is 108 Å². The van der Waals surface area contributed by atoms with Crippen LogP contribution in [0.3, 0.4) is 0 Å². The Hall–Kier alpha value is -1.13. The van der Waals surface area contributed by atoms with Crippen molar-refractivity contribution < 1.29 is 5.11 Å². The fourth-order valence-corrected chi connectivity index (χ4v) is 2.76. The highest BCUT2D eigenvalue weighted by atomic mass is 79.9. The van der Waals surface area contributed by atoms with Crippen LogP contribution in [0, 0.1) is 0 Å². The Morgan fingerprint density at radius 3 is 3.00 bits per heavy atom. The number of fused-ring (bicyclic) bond motifs is 1. The van der Waals surface area contributed by atoms with Crippen molar-refractivity contribution in [3.05, 3.63) is 40.6 Å². The summed E-state index contributed by atoms with van der Waals surface area (Å²) in [6, 6.07) is 8.09. The first-order chi connectivity index (χ1) is 8.25. The van der Waals surface area contributed by atoms with Crippen LogP contribution in [-0.2, 0) is 13.0 Å². The first-order valence-corrected chi connectivity index (χ1v) is 6.52. The van der Waals surface area contributed by atoms with E-state index in [4.69, 9.17) is 0 Å². The van der Waals surface area contributed by atoms with Crippen molar-refractivity contribution in [2.75, 3.05) is 0 Å². The molecule has 0 amide bonds. The molecule has 0 radical (unpaired) electrons. The van der Waals surface area contributed by atoms with Crippen molar-refractivity contribution in [3.63, 3.8) is 0 Å². The molecule has 3 nitrogen and oxygen atoms in total. The van der Waals surface area contributed by atoms with Gasteiger partial charge < -0.3 is 9.67 Å². The van der Waals surface area contributed by atoms with Crippen LogP contribution in [0.15, 0.2) is 34.9 Å². The molecule has 0 spiro atoms. The van der Waals surface area contributed by atoms with E-state index in [-0.39, 0.29) is 6.10 Å². The molecule has 0 fully saturated rings. The molecule has 0 bridgehead atoms. The van der Waals surface area contributed by atoms with Gasteiger partial charge in [0.2, 0.25) is 0 Å². The number of halogens is 1. The van der Waals surface area contributed by atoms with Gasteiger partial charge in [-0.15, -0.1) is 0 Å². The Morgan fingerprint density at radius 2 is 2.18 bits per heavy atom. The van der Waals surface area contributed by atoms with Crippen molar-refractivity contribution in [3.8, 4) is 11.4 Å². The number of hydrogen-bond acceptors (Lipinski definition) is 2. The molecule has 4 heteroatoms. The molecule has 0 saturated carbocycles. The van der Waals surface area contributed by atoms with Gasteiger partial charge in [-0.1, -0.05) is 34.1 Å². The summed E-state index contributed by atoms with van der Waals surface area (Å²) in [5.74, 6) is 0.986. The molecule has 2 heterocycles. The van der Waals surface area contributed by atoms with Crippen LogP contribution in [0.25, 0.3) is 11.4 Å². The second kappa shape index (κ2) is 4.27. The summed E-state index contributed by atoms with van der Waals surface area (Å²) < 4.78 is 3.26. The van der Waals surface area contributed by atoms with Crippen LogP contribution in [0.4, 0.5) is 0 Å². The summed E-state index contributed by atoms with van der Waals surface area (Å²) in [5, 5.41) is 9.64. The number of imidazole rings is 1. The van der Waals surface area contributed by atoms with E-state index in [9.17, 15) is 5.11 Å². The lowest BCUT2D eigenvalue weighted by molar-refractivity contribution is 0.144. The topological polar surface area (TPSA) is 38.0 Å². The van der Waals surface area contributed by atoms with Gasteiger partial charge in [0.25, 0.3) is 0 Å². The molecule has 17 heavy (non-hydrogen) atoms. The van der Waals surface area contributed by atoms with Gasteiger partial charge in [-0.05, 0) is 12.5 Å². The molecule has 1 aliphatic rings. The van der Waals surface area contributed by atoms with Crippen LogP contribution in [0.5, 0.6) is 0 Å². The van der Waals surface area contributed by atoms with Gasteiger partial charge in [0.05, 0.1) is 6.10 Å². The third kappa shape index (κ3) is 1.91. The lowest BCUT2D eigenvalue weighted by Gasteiger charge is -2.21. The number of aliphatic hydroxyl groups excluding tert-OH is 1. The summed E-state index contributed by atoms with van der Waals surface area (Å²) in [5.41, 5.74) is 2.23. The zero-order chi connectivity index (χ0) is 11.8. The van der Waals surface area contributed by atoms with E-state index in [1.54, 1.807) is 0 Å². The van der Waals surface area contributed by atoms with E-state index >= 15 is 0 Å². The highest BCUT2D eigenvalue weighted by Crippen LogP contribution is 2.29. The van der Waals surface area contributed by atoms with Crippen molar-refractivity contribution in [1.82, 2.24) is 9.55 Å². The summed E-state index contributed by atoms with van der Waals surface area (Å²) in [6.45, 7) is 0.840. The highest BCUT2D eigenvalue weighted by Gasteiger charge is 2.20. The van der Waals surface area contributed by atoms with Crippen LogP contribution in [0.2, 0.25) is 0 Å². The lowest BCUT2D eigenvalue weighted by atomic mass is 10.1. The average Bonchev–Trinajstić information content (AvgIpc) is 2.72. The Balaban J connectivity index is 2.09. The predicted octanol–water partition coefficient (Wildman–Crippen LogP) is 2.62. The molecule has 1 aromatic heterocycles. The Kier molecular flexibility index (Phi) is 2.76. The third-order valence-electron chi connectivity index (χ3n) is 3.18. The number of rotatable bonds is 1. The van der Waals surface area contributed by atoms with E-state index in [0.29, 0.717) is 6.42 Å². The van der Waals surface area contributed by atoms with Crippen molar-refractivity contribution in [2.45, 2.75) is 25.5 Å². The Bertz CT molecular complexity index is 550. The highest BCUT2D eigenvalue weighted by molar-refractivity contribution is 9.10. The predicted molar refractivity (Wildman–Crippen MR) is 69.7 cm³/mol. The van der Waals surface area contributed by atoms with Gasteiger partial charge in [-0.3, -0.25) is 0 Å². The number of benzene rings is 1. The second-order valence-electron chi connectivity index (χ2n) is 4.35. The monoisotopic (exact) mass is 292 g/mol. The van der Waals surface area contributed by atoms with Crippen LogP contribution < -0.4 is 0 Å². The molecule has 1 atom stereocenters. The summed E-state index contributed by atoms with van der Waals surface area (Å²) in [6.07, 6.45) is 3.17. The first-order valence-electron chi connectivity index (χ1n) is 5.73. The van der Waals surface area contributed by atoms with Crippen LogP contribution in [-0.4, -0.2) is 20.8 Å². The van der Waals surface area contributed by atoms with Gasteiger partial charge in [-0.2, -0.15) is 0 Å². The summed E-state index contributed by atoms with van der Waals surface area (Å²) >= 11 is 3.55. The fourth-order valence-electron chi connectivity index (χ4n) is 2.30. The second-order valence-corrected chi connectivity index (χ2v) is 5.21. The van der Waals surface area contributed by atoms with Crippen molar-refractivity contribution in [1.29, 1.82) is 0 Å². The molecule has 3 rings (SSSR count). The maximum atomic E-state index is 9.64.